The maximum absolute atomic E-state index is 13.5. The molecule has 1 amide bonds. The molecule has 3 aliphatic rings. The molecule has 2 bridgehead atoms. The number of carbonyl (C=O) groups excluding carboxylic acids is 1. The number of hydrogen-bond acceptors (Lipinski definition) is 6. The molecule has 0 radical (unpaired) electrons. The number of aliphatic hydroxyl groups excluding tert-OH is 2. The Labute approximate surface area is 206 Å². The number of benzene rings is 2. The first-order valence-corrected chi connectivity index (χ1v) is 13.1. The van der Waals surface area contributed by atoms with Crippen molar-refractivity contribution in [1.29, 1.82) is 0 Å². The van der Waals surface area contributed by atoms with Gasteiger partial charge in [0.2, 0.25) is 0 Å². The summed E-state index contributed by atoms with van der Waals surface area (Å²) in [7, 11) is -4.03. The van der Waals surface area contributed by atoms with Crippen molar-refractivity contribution in [3.8, 4) is 0 Å². The second kappa shape index (κ2) is 9.08. The highest BCUT2D eigenvalue weighted by Gasteiger charge is 2.63. The molecule has 5 rings (SSSR count). The van der Waals surface area contributed by atoms with E-state index in [1.807, 2.05) is 0 Å². The summed E-state index contributed by atoms with van der Waals surface area (Å²) in [5.74, 6) is -3.95. The second-order valence-electron chi connectivity index (χ2n) is 9.52. The SMILES string of the molecule is Cc1cc(Cl)c(S(=O)(=O)[C@H]2CC3CC(C2)[C@]3(O)[C@H](O)[C@H](C)O)cc1C(=O)Nc1ccc(F)c(F)c1. The van der Waals surface area contributed by atoms with Gasteiger partial charge in [0.25, 0.3) is 5.91 Å². The number of carbonyl (C=O) groups is 1. The number of halogens is 3. The highest BCUT2D eigenvalue weighted by molar-refractivity contribution is 7.92. The van der Waals surface area contributed by atoms with Gasteiger partial charge < -0.3 is 20.6 Å². The van der Waals surface area contributed by atoms with Gasteiger partial charge in [0.15, 0.2) is 21.5 Å². The summed E-state index contributed by atoms with van der Waals surface area (Å²) < 4.78 is 53.7. The lowest BCUT2D eigenvalue weighted by Gasteiger charge is -2.60. The molecule has 7 nitrogen and oxygen atoms in total. The Hall–Kier alpha value is -2.11. The second-order valence-corrected chi connectivity index (χ2v) is 12.1. The predicted molar refractivity (Wildman–Crippen MR) is 125 cm³/mol. The van der Waals surface area contributed by atoms with Crippen LogP contribution in [0, 0.1) is 30.4 Å². The van der Waals surface area contributed by atoms with Gasteiger partial charge in [0.05, 0.1) is 26.9 Å². The summed E-state index contributed by atoms with van der Waals surface area (Å²) in [6, 6.07) is 5.37. The van der Waals surface area contributed by atoms with E-state index in [2.05, 4.69) is 5.32 Å². The van der Waals surface area contributed by atoms with Crippen LogP contribution >= 0.6 is 11.6 Å². The van der Waals surface area contributed by atoms with Crippen LogP contribution in [0.25, 0.3) is 0 Å². The monoisotopic (exact) mass is 529 g/mol. The van der Waals surface area contributed by atoms with Gasteiger partial charge in [0, 0.05) is 17.3 Å². The van der Waals surface area contributed by atoms with Crippen molar-refractivity contribution in [3.63, 3.8) is 0 Å². The minimum absolute atomic E-state index is 0.000269. The summed E-state index contributed by atoms with van der Waals surface area (Å²) in [6.45, 7) is 2.93. The van der Waals surface area contributed by atoms with Gasteiger partial charge in [-0.3, -0.25) is 4.79 Å². The van der Waals surface area contributed by atoms with Crippen molar-refractivity contribution in [3.05, 3.63) is 58.1 Å². The minimum Gasteiger partial charge on any atom is -0.391 e. The predicted octanol–water partition coefficient (Wildman–Crippen LogP) is 3.22. The summed E-state index contributed by atoms with van der Waals surface area (Å²) in [4.78, 5) is 12.6. The Morgan fingerprint density at radius 3 is 2.31 bits per heavy atom. The molecule has 0 saturated heterocycles. The van der Waals surface area contributed by atoms with Crippen molar-refractivity contribution in [1.82, 2.24) is 0 Å². The largest absolute Gasteiger partial charge is 0.391 e. The zero-order chi connectivity index (χ0) is 25.9. The van der Waals surface area contributed by atoms with Crippen molar-refractivity contribution in [2.75, 3.05) is 5.32 Å². The van der Waals surface area contributed by atoms with Crippen LogP contribution in [-0.2, 0) is 9.84 Å². The molecule has 11 heteroatoms. The Morgan fingerprint density at radius 1 is 1.11 bits per heavy atom. The van der Waals surface area contributed by atoms with Crippen molar-refractivity contribution >= 4 is 33.0 Å². The van der Waals surface area contributed by atoms with Crippen LogP contribution in [0.4, 0.5) is 14.5 Å². The van der Waals surface area contributed by atoms with E-state index >= 15 is 0 Å². The van der Waals surface area contributed by atoms with Gasteiger partial charge in [-0.15, -0.1) is 0 Å². The third-order valence-corrected chi connectivity index (χ3v) is 9.99. The van der Waals surface area contributed by atoms with Gasteiger partial charge in [-0.1, -0.05) is 11.6 Å². The summed E-state index contributed by atoms with van der Waals surface area (Å²) >= 11 is 6.28. The number of amides is 1. The maximum atomic E-state index is 13.5. The number of aryl methyl sites for hydroxylation is 1. The van der Waals surface area contributed by atoms with Gasteiger partial charge in [-0.05, 0) is 74.8 Å². The number of anilines is 1. The zero-order valence-corrected chi connectivity index (χ0v) is 20.6. The third kappa shape index (κ3) is 4.35. The molecule has 3 aliphatic carbocycles. The molecule has 2 aromatic rings. The number of rotatable bonds is 6. The molecule has 4 N–H and O–H groups in total. The summed E-state index contributed by atoms with van der Waals surface area (Å²) in [5, 5.41) is 32.4. The summed E-state index contributed by atoms with van der Waals surface area (Å²) in [6.07, 6.45) is -1.87. The van der Waals surface area contributed by atoms with Crippen LogP contribution in [-0.4, -0.2) is 52.7 Å². The third-order valence-electron chi connectivity index (χ3n) is 7.35. The molecule has 190 valence electrons. The zero-order valence-electron chi connectivity index (χ0n) is 19.0. The van der Waals surface area contributed by atoms with Crippen molar-refractivity contribution < 1.29 is 37.3 Å². The fourth-order valence-corrected chi connectivity index (χ4v) is 7.87. The molecule has 0 spiro atoms. The smallest absolute Gasteiger partial charge is 0.255 e. The van der Waals surface area contributed by atoms with Crippen LogP contribution < -0.4 is 5.32 Å². The molecule has 0 aliphatic heterocycles. The van der Waals surface area contributed by atoms with Crippen LogP contribution in [0.2, 0.25) is 5.02 Å². The van der Waals surface area contributed by atoms with Crippen LogP contribution in [0.3, 0.4) is 0 Å². The molecule has 35 heavy (non-hydrogen) atoms. The first-order chi connectivity index (χ1) is 16.3. The normalized spacial score (nSPS) is 27.6. The van der Waals surface area contributed by atoms with Crippen molar-refractivity contribution in [2.24, 2.45) is 11.8 Å². The fourth-order valence-electron chi connectivity index (χ4n) is 5.38. The molecular weight excluding hydrogens is 504 g/mol. The average Bonchev–Trinajstić information content (AvgIpc) is 2.80. The molecule has 4 atom stereocenters. The van der Waals surface area contributed by atoms with E-state index in [4.69, 9.17) is 11.6 Å². The lowest BCUT2D eigenvalue weighted by atomic mass is 9.51. The highest BCUT2D eigenvalue weighted by atomic mass is 35.5. The Bertz CT molecular complexity index is 1270. The Balaban J connectivity index is 1.60. The number of aliphatic hydroxyl groups is 3. The highest BCUT2D eigenvalue weighted by Crippen LogP contribution is 2.57. The molecule has 0 aromatic heterocycles. The molecule has 2 unspecified atom stereocenters. The number of nitrogens with one attached hydrogen (secondary N) is 1. The molecule has 0 heterocycles. The van der Waals surface area contributed by atoms with E-state index in [-0.39, 0.29) is 34.0 Å². The lowest BCUT2D eigenvalue weighted by Crippen LogP contribution is -2.69. The van der Waals surface area contributed by atoms with Crippen LogP contribution in [0.15, 0.2) is 35.2 Å². The van der Waals surface area contributed by atoms with Gasteiger partial charge in [0.1, 0.15) is 6.10 Å². The van der Waals surface area contributed by atoms with E-state index in [0.29, 0.717) is 12.0 Å². The number of sulfone groups is 1. The summed E-state index contributed by atoms with van der Waals surface area (Å²) in [5.41, 5.74) is -1.17. The molecule has 2 aromatic carbocycles. The number of hydrogen-bond donors (Lipinski definition) is 4. The first-order valence-electron chi connectivity index (χ1n) is 11.2. The number of fused-ring (bicyclic) bond motifs is 2. The van der Waals surface area contributed by atoms with Gasteiger partial charge >= 0.3 is 0 Å². The van der Waals surface area contributed by atoms with E-state index in [9.17, 15) is 37.3 Å². The Morgan fingerprint density at radius 2 is 1.74 bits per heavy atom. The van der Waals surface area contributed by atoms with Crippen LogP contribution in [0.5, 0.6) is 0 Å². The fraction of sp³-hybridized carbons (Fsp3) is 0.458. The van der Waals surface area contributed by atoms with E-state index in [1.165, 1.54) is 25.1 Å². The topological polar surface area (TPSA) is 124 Å². The maximum Gasteiger partial charge on any atom is 0.255 e. The van der Waals surface area contributed by atoms with Gasteiger partial charge in [-0.2, -0.15) is 0 Å². The van der Waals surface area contributed by atoms with E-state index < -0.39 is 62.3 Å². The quantitative estimate of drug-likeness (QED) is 0.455. The molecule has 3 fully saturated rings. The van der Waals surface area contributed by atoms with Crippen LogP contribution in [0.1, 0.15) is 42.1 Å². The Kier molecular flexibility index (Phi) is 6.74. The average molecular weight is 530 g/mol. The van der Waals surface area contributed by atoms with E-state index in [1.54, 1.807) is 6.92 Å². The minimum atomic E-state index is -4.03. The van der Waals surface area contributed by atoms with Crippen molar-refractivity contribution in [2.45, 2.75) is 61.1 Å². The standard InChI is InChI=1S/C24H26ClF2NO6S/c1-11-5-18(25)21(10-17(11)23(31)28-15-3-4-19(26)20(27)9-15)35(33,34)16-7-13-6-14(8-16)24(13,32)22(30)12(2)29/h3-5,9-10,12-14,16,22,29-30,32H,6-8H2,1-2H3,(H,28,31)/t12-,13?,14?,16-,22+,24-/m0/s1. The lowest BCUT2D eigenvalue weighted by molar-refractivity contribution is -0.249. The molecular formula is C24H26ClF2NO6S. The first kappa shape index (κ1) is 26.0. The van der Waals surface area contributed by atoms with E-state index in [0.717, 1.165) is 12.1 Å². The van der Waals surface area contributed by atoms with Gasteiger partial charge in [-0.25, -0.2) is 17.2 Å². The molecule has 3 saturated carbocycles.